The number of aryl methyl sites for hydroxylation is 1. The summed E-state index contributed by atoms with van der Waals surface area (Å²) in [6.07, 6.45) is 8.80. The molecule has 1 aliphatic heterocycles. The number of carboxylic acid groups (broad SMARTS) is 1. The van der Waals surface area contributed by atoms with Crippen LogP contribution < -0.4 is 4.74 Å². The first-order chi connectivity index (χ1) is 13.5. The van der Waals surface area contributed by atoms with Crippen molar-refractivity contribution in [1.82, 2.24) is 0 Å². The van der Waals surface area contributed by atoms with E-state index in [-0.39, 0.29) is 24.4 Å². The van der Waals surface area contributed by atoms with Gasteiger partial charge < -0.3 is 20.1 Å². The van der Waals surface area contributed by atoms with E-state index in [1.54, 1.807) is 0 Å². The van der Waals surface area contributed by atoms with Crippen molar-refractivity contribution >= 4 is 5.97 Å². The smallest absolute Gasteiger partial charge is 0.303 e. The lowest BCUT2D eigenvalue weighted by Gasteiger charge is -2.18. The number of aliphatic hydroxyl groups is 2. The lowest BCUT2D eigenvalue weighted by atomic mass is 9.86. The van der Waals surface area contributed by atoms with E-state index in [2.05, 4.69) is 13.0 Å². The van der Waals surface area contributed by atoms with Crippen LogP contribution in [0.3, 0.4) is 0 Å². The average Bonchev–Trinajstić information content (AvgIpc) is 3.15. The largest absolute Gasteiger partial charge is 0.489 e. The third-order valence-corrected chi connectivity index (χ3v) is 5.98. The van der Waals surface area contributed by atoms with Crippen molar-refractivity contribution in [3.63, 3.8) is 0 Å². The monoisotopic (exact) mass is 388 g/mol. The summed E-state index contributed by atoms with van der Waals surface area (Å²) in [7, 11) is 0. The highest BCUT2D eigenvalue weighted by Gasteiger charge is 2.48. The number of aliphatic carboxylic acids is 1. The predicted molar refractivity (Wildman–Crippen MR) is 108 cm³/mol. The fourth-order valence-corrected chi connectivity index (χ4v) is 4.55. The van der Waals surface area contributed by atoms with Crippen molar-refractivity contribution < 1.29 is 24.9 Å². The molecule has 5 nitrogen and oxygen atoms in total. The molecule has 5 heteroatoms. The highest BCUT2D eigenvalue weighted by atomic mass is 16.5. The highest BCUT2D eigenvalue weighted by Crippen LogP contribution is 2.52. The minimum atomic E-state index is -0.781. The zero-order valence-electron chi connectivity index (χ0n) is 16.6. The van der Waals surface area contributed by atoms with Gasteiger partial charge in [-0.05, 0) is 24.8 Å². The van der Waals surface area contributed by atoms with Crippen LogP contribution in [-0.2, 0) is 11.2 Å². The summed E-state index contributed by atoms with van der Waals surface area (Å²) in [5.74, 6) is 0.109. The van der Waals surface area contributed by atoms with Gasteiger partial charge in [-0.15, -0.1) is 0 Å². The average molecular weight is 389 g/mol. The number of aliphatic hydroxyl groups excluding tert-OH is 2. The summed E-state index contributed by atoms with van der Waals surface area (Å²) in [5, 5.41) is 29.6. The van der Waals surface area contributed by atoms with Crippen LogP contribution in [0.4, 0.5) is 0 Å². The van der Waals surface area contributed by atoms with Gasteiger partial charge in [0.25, 0.3) is 0 Å². The van der Waals surface area contributed by atoms with Crippen LogP contribution in [0.15, 0.2) is 30.4 Å². The Balaban J connectivity index is 1.70. The Morgan fingerprint density at radius 1 is 1.32 bits per heavy atom. The molecule has 3 rings (SSSR count). The van der Waals surface area contributed by atoms with Crippen LogP contribution in [0.5, 0.6) is 5.75 Å². The molecule has 1 fully saturated rings. The highest BCUT2D eigenvalue weighted by molar-refractivity contribution is 5.66. The molecule has 0 radical (unpaired) electrons. The number of hydrogen-bond donors (Lipinski definition) is 3. The first kappa shape index (κ1) is 20.9. The normalized spacial score (nSPS) is 26.8. The second kappa shape index (κ2) is 9.57. The topological polar surface area (TPSA) is 87.0 Å². The maximum atomic E-state index is 10.8. The minimum Gasteiger partial charge on any atom is -0.489 e. The van der Waals surface area contributed by atoms with Crippen molar-refractivity contribution in [2.75, 3.05) is 0 Å². The Hall–Kier alpha value is -1.85. The second-order valence-electron chi connectivity index (χ2n) is 8.09. The molecule has 2 aliphatic rings. The lowest BCUT2D eigenvalue weighted by molar-refractivity contribution is -0.137. The van der Waals surface area contributed by atoms with E-state index in [9.17, 15) is 15.0 Å². The Morgan fingerprint density at radius 2 is 2.14 bits per heavy atom. The summed E-state index contributed by atoms with van der Waals surface area (Å²) < 4.78 is 6.20. The fraction of sp³-hybridized carbons (Fsp3) is 0.609. The number of fused-ring (bicyclic) bond motifs is 3. The molecule has 1 aliphatic carbocycles. The number of hydrogen-bond acceptors (Lipinski definition) is 4. The van der Waals surface area contributed by atoms with Gasteiger partial charge in [0.2, 0.25) is 0 Å². The molecule has 0 bridgehead atoms. The van der Waals surface area contributed by atoms with Crippen molar-refractivity contribution in [2.24, 2.45) is 5.92 Å². The molecular formula is C23H32O5. The maximum Gasteiger partial charge on any atom is 0.303 e. The molecule has 1 aromatic carbocycles. The van der Waals surface area contributed by atoms with E-state index in [4.69, 9.17) is 9.84 Å². The Bertz CT molecular complexity index is 698. The molecule has 1 heterocycles. The van der Waals surface area contributed by atoms with Crippen LogP contribution in [0, 0.1) is 5.92 Å². The van der Waals surface area contributed by atoms with Gasteiger partial charge in [-0.25, -0.2) is 0 Å². The van der Waals surface area contributed by atoms with Gasteiger partial charge in [-0.3, -0.25) is 4.79 Å². The van der Waals surface area contributed by atoms with Crippen LogP contribution >= 0.6 is 0 Å². The van der Waals surface area contributed by atoms with Crippen molar-refractivity contribution in [3.8, 4) is 5.75 Å². The number of para-hydroxylation sites is 1. The first-order valence-corrected chi connectivity index (χ1v) is 10.6. The molecule has 1 saturated carbocycles. The first-order valence-electron chi connectivity index (χ1n) is 10.6. The van der Waals surface area contributed by atoms with Crippen LogP contribution in [-0.4, -0.2) is 39.6 Å². The van der Waals surface area contributed by atoms with Gasteiger partial charge in [-0.1, -0.05) is 56.5 Å². The van der Waals surface area contributed by atoms with Gasteiger partial charge in [0, 0.05) is 30.2 Å². The van der Waals surface area contributed by atoms with Gasteiger partial charge in [0.05, 0.1) is 12.2 Å². The number of rotatable bonds is 10. The molecule has 5 atom stereocenters. The minimum absolute atomic E-state index is 0.0579. The standard InChI is InChI=1S/C23H32O5/c1-2-3-4-9-16(24)12-13-17-19(25)14-20-22(17)18-10-5-7-15(23(18)28-20)8-6-11-21(26)27/h5,7,10,12-13,16-17,19-20,22,24-25H,2-4,6,8-9,11,14H2,1H3,(H,26,27)/b13-12+/t16-,17+,19+,20-,22-/m0/s1. The molecule has 0 unspecified atom stereocenters. The van der Waals surface area contributed by atoms with E-state index in [0.29, 0.717) is 19.3 Å². The van der Waals surface area contributed by atoms with E-state index in [1.165, 1.54) is 0 Å². The summed E-state index contributed by atoms with van der Waals surface area (Å²) in [6, 6.07) is 6.05. The molecule has 28 heavy (non-hydrogen) atoms. The molecule has 0 spiro atoms. The van der Waals surface area contributed by atoms with Crippen LogP contribution in [0.2, 0.25) is 0 Å². The number of carbonyl (C=O) groups is 1. The number of carboxylic acids is 1. The second-order valence-corrected chi connectivity index (χ2v) is 8.09. The van der Waals surface area contributed by atoms with Gasteiger partial charge in [0.15, 0.2) is 0 Å². The van der Waals surface area contributed by atoms with Gasteiger partial charge in [-0.2, -0.15) is 0 Å². The quantitative estimate of drug-likeness (QED) is 0.419. The predicted octanol–water partition coefficient (Wildman–Crippen LogP) is 3.82. The zero-order chi connectivity index (χ0) is 20.1. The van der Waals surface area contributed by atoms with Crippen LogP contribution in [0.1, 0.15) is 68.9 Å². The Labute approximate surface area is 167 Å². The molecule has 3 N–H and O–H groups in total. The van der Waals surface area contributed by atoms with E-state index >= 15 is 0 Å². The summed E-state index contributed by atoms with van der Waals surface area (Å²) >= 11 is 0. The molecule has 0 amide bonds. The molecule has 0 saturated heterocycles. The third kappa shape index (κ3) is 4.76. The summed E-state index contributed by atoms with van der Waals surface area (Å²) in [5.41, 5.74) is 2.15. The Morgan fingerprint density at radius 3 is 2.89 bits per heavy atom. The Kier molecular flexibility index (Phi) is 7.13. The SMILES string of the molecule is CCCCC[C@H](O)/C=C/[C@H]1[C@H]2c3cccc(CCCC(=O)O)c3O[C@H]2C[C@H]1O. The third-order valence-electron chi connectivity index (χ3n) is 5.98. The number of ether oxygens (including phenoxy) is 1. The van der Waals surface area contributed by atoms with Crippen molar-refractivity contribution in [2.45, 2.75) is 82.5 Å². The number of unbranched alkanes of at least 4 members (excludes halogenated alkanes) is 2. The van der Waals surface area contributed by atoms with Crippen LogP contribution in [0.25, 0.3) is 0 Å². The van der Waals surface area contributed by atoms with Gasteiger partial charge >= 0.3 is 5.97 Å². The van der Waals surface area contributed by atoms with E-state index in [1.807, 2.05) is 24.3 Å². The van der Waals surface area contributed by atoms with Crippen molar-refractivity contribution in [1.29, 1.82) is 0 Å². The number of benzene rings is 1. The molecule has 0 aromatic heterocycles. The van der Waals surface area contributed by atoms with E-state index < -0.39 is 18.2 Å². The lowest BCUT2D eigenvalue weighted by Crippen LogP contribution is -2.17. The van der Waals surface area contributed by atoms with E-state index in [0.717, 1.165) is 42.6 Å². The molecular weight excluding hydrogens is 356 g/mol. The van der Waals surface area contributed by atoms with Crippen molar-refractivity contribution in [3.05, 3.63) is 41.5 Å². The fourth-order valence-electron chi connectivity index (χ4n) is 4.55. The molecule has 1 aromatic rings. The van der Waals surface area contributed by atoms with Gasteiger partial charge in [0.1, 0.15) is 11.9 Å². The molecule has 154 valence electrons. The maximum absolute atomic E-state index is 10.8. The summed E-state index contributed by atoms with van der Waals surface area (Å²) in [6.45, 7) is 2.14. The summed E-state index contributed by atoms with van der Waals surface area (Å²) in [4.78, 5) is 10.8. The zero-order valence-corrected chi connectivity index (χ0v) is 16.6.